The predicted molar refractivity (Wildman–Crippen MR) is 59.9 cm³/mol. The highest BCUT2D eigenvalue weighted by Gasteiger charge is 2.30. The quantitative estimate of drug-likeness (QED) is 0.788. The van der Waals surface area contributed by atoms with Crippen molar-refractivity contribution in [3.8, 4) is 0 Å². The number of thiophene rings is 1. The molecule has 1 unspecified atom stereocenters. The Labute approximate surface area is 92.3 Å². The van der Waals surface area contributed by atoms with Crippen molar-refractivity contribution in [2.75, 3.05) is 18.9 Å². The average molecular weight is 226 g/mol. The lowest BCUT2D eigenvalue weighted by Crippen LogP contribution is -2.37. The molecule has 1 atom stereocenters. The molecule has 0 radical (unpaired) electrons. The predicted octanol–water partition coefficient (Wildman–Crippen LogP) is 0.927. The van der Waals surface area contributed by atoms with E-state index in [1.807, 2.05) is 5.38 Å². The lowest BCUT2D eigenvalue weighted by Gasteiger charge is -2.22. The normalized spacial score (nSPS) is 20.9. The zero-order valence-corrected chi connectivity index (χ0v) is 9.17. The van der Waals surface area contributed by atoms with E-state index in [9.17, 15) is 4.79 Å². The Morgan fingerprint density at radius 1 is 1.73 bits per heavy atom. The fourth-order valence-corrected chi connectivity index (χ4v) is 2.69. The molecule has 1 saturated heterocycles. The first kappa shape index (κ1) is 10.4. The number of aliphatic hydroxyl groups excluding tert-OH is 1. The third-order valence-electron chi connectivity index (χ3n) is 2.74. The Hall–Kier alpha value is -1.07. The average Bonchev–Trinajstić information content (AvgIpc) is 2.84. The second-order valence-corrected chi connectivity index (χ2v) is 4.60. The Balaban J connectivity index is 2.18. The number of anilines is 1. The number of carbonyl (C=O) groups excluding carboxylic acids is 1. The van der Waals surface area contributed by atoms with E-state index in [1.54, 1.807) is 11.0 Å². The number of aliphatic hydroxyl groups is 1. The van der Waals surface area contributed by atoms with Crippen molar-refractivity contribution >= 4 is 22.9 Å². The summed E-state index contributed by atoms with van der Waals surface area (Å²) in [6, 6.07) is 1.71. The van der Waals surface area contributed by atoms with Gasteiger partial charge in [0.15, 0.2) is 0 Å². The highest BCUT2D eigenvalue weighted by Crippen LogP contribution is 2.25. The molecule has 2 heterocycles. The third kappa shape index (κ3) is 1.85. The number of hydrogen-bond donors (Lipinski definition) is 2. The molecule has 1 aromatic rings. The zero-order chi connectivity index (χ0) is 10.8. The van der Waals surface area contributed by atoms with Crippen LogP contribution in [0.1, 0.15) is 22.5 Å². The monoisotopic (exact) mass is 226 g/mol. The number of nitrogens with two attached hydrogens (primary N) is 1. The number of likely N-dealkylation sites (tertiary alicyclic amines) is 1. The van der Waals surface area contributed by atoms with E-state index in [1.165, 1.54) is 11.3 Å². The minimum Gasteiger partial charge on any atom is -0.397 e. The van der Waals surface area contributed by atoms with E-state index in [2.05, 4.69) is 0 Å². The van der Waals surface area contributed by atoms with Gasteiger partial charge in [-0.1, -0.05) is 0 Å². The summed E-state index contributed by atoms with van der Waals surface area (Å²) in [5, 5.41) is 10.9. The maximum Gasteiger partial charge on any atom is 0.266 e. The third-order valence-corrected chi connectivity index (χ3v) is 3.66. The van der Waals surface area contributed by atoms with E-state index in [0.717, 1.165) is 19.4 Å². The number of rotatable bonds is 2. The Morgan fingerprint density at radius 3 is 3.13 bits per heavy atom. The summed E-state index contributed by atoms with van der Waals surface area (Å²) in [6.45, 7) is 0.762. The molecule has 15 heavy (non-hydrogen) atoms. The number of nitrogen functional groups attached to an aromatic ring is 1. The minimum atomic E-state index is -0.0425. The van der Waals surface area contributed by atoms with Crippen molar-refractivity contribution in [2.24, 2.45) is 0 Å². The van der Waals surface area contributed by atoms with Gasteiger partial charge in [0.2, 0.25) is 0 Å². The summed E-state index contributed by atoms with van der Waals surface area (Å²) in [5.41, 5.74) is 6.23. The summed E-state index contributed by atoms with van der Waals surface area (Å²) in [7, 11) is 0. The number of carbonyl (C=O) groups is 1. The molecule has 0 bridgehead atoms. The van der Waals surface area contributed by atoms with Crippen LogP contribution in [0.5, 0.6) is 0 Å². The van der Waals surface area contributed by atoms with Gasteiger partial charge in [-0.15, -0.1) is 11.3 Å². The van der Waals surface area contributed by atoms with Crippen LogP contribution in [0.25, 0.3) is 0 Å². The molecule has 1 amide bonds. The molecule has 0 aliphatic carbocycles. The van der Waals surface area contributed by atoms with Gasteiger partial charge in [-0.3, -0.25) is 4.79 Å². The number of amides is 1. The smallest absolute Gasteiger partial charge is 0.266 e. The van der Waals surface area contributed by atoms with Crippen molar-refractivity contribution in [2.45, 2.75) is 18.9 Å². The van der Waals surface area contributed by atoms with Crippen LogP contribution in [0.15, 0.2) is 11.4 Å². The molecular weight excluding hydrogens is 212 g/mol. The zero-order valence-electron chi connectivity index (χ0n) is 8.35. The summed E-state index contributed by atoms with van der Waals surface area (Å²) < 4.78 is 0. The van der Waals surface area contributed by atoms with E-state index in [-0.39, 0.29) is 18.6 Å². The maximum atomic E-state index is 12.0. The summed E-state index contributed by atoms with van der Waals surface area (Å²) in [5.74, 6) is -0.0425. The van der Waals surface area contributed by atoms with Crippen LogP contribution in [0.2, 0.25) is 0 Å². The summed E-state index contributed by atoms with van der Waals surface area (Å²) >= 11 is 1.36. The molecular formula is C10H14N2O2S. The first-order chi connectivity index (χ1) is 7.24. The Kier molecular flexibility index (Phi) is 2.93. The molecule has 82 valence electrons. The van der Waals surface area contributed by atoms with Crippen LogP contribution in [-0.2, 0) is 0 Å². The first-order valence-electron chi connectivity index (χ1n) is 4.99. The number of hydrogen-bond acceptors (Lipinski definition) is 4. The molecule has 1 aromatic heterocycles. The van der Waals surface area contributed by atoms with Gasteiger partial charge in [0.25, 0.3) is 5.91 Å². The van der Waals surface area contributed by atoms with Gasteiger partial charge in [-0.2, -0.15) is 0 Å². The molecule has 4 nitrogen and oxygen atoms in total. The van der Waals surface area contributed by atoms with E-state index >= 15 is 0 Å². The molecule has 2 rings (SSSR count). The summed E-state index contributed by atoms with van der Waals surface area (Å²) in [6.07, 6.45) is 1.84. The number of nitrogens with zero attached hydrogens (tertiary/aromatic N) is 1. The second-order valence-electron chi connectivity index (χ2n) is 3.68. The van der Waals surface area contributed by atoms with Crippen LogP contribution in [0, 0.1) is 0 Å². The lowest BCUT2D eigenvalue weighted by molar-refractivity contribution is 0.0683. The Morgan fingerprint density at radius 2 is 2.53 bits per heavy atom. The van der Waals surface area contributed by atoms with Crippen LogP contribution in [0.3, 0.4) is 0 Å². The van der Waals surface area contributed by atoms with Gasteiger partial charge in [-0.25, -0.2) is 0 Å². The van der Waals surface area contributed by atoms with Gasteiger partial charge >= 0.3 is 0 Å². The SMILES string of the molecule is Nc1ccsc1C(=O)N1CCCC1CO. The van der Waals surface area contributed by atoms with Crippen LogP contribution in [-0.4, -0.2) is 35.1 Å². The van der Waals surface area contributed by atoms with Gasteiger partial charge in [0.05, 0.1) is 18.3 Å². The van der Waals surface area contributed by atoms with Crippen molar-refractivity contribution in [1.29, 1.82) is 0 Å². The van der Waals surface area contributed by atoms with Crippen molar-refractivity contribution in [3.63, 3.8) is 0 Å². The highest BCUT2D eigenvalue weighted by molar-refractivity contribution is 7.12. The molecule has 1 aliphatic rings. The fourth-order valence-electron chi connectivity index (χ4n) is 1.92. The standard InChI is InChI=1S/C10H14N2O2S/c11-8-3-5-15-9(8)10(14)12-4-1-2-7(12)6-13/h3,5,7,13H,1-2,4,6,11H2. The van der Waals surface area contributed by atoms with Crippen LogP contribution < -0.4 is 5.73 Å². The Bertz CT molecular complexity index is 364. The fraction of sp³-hybridized carbons (Fsp3) is 0.500. The minimum absolute atomic E-state index is 0.0287. The largest absolute Gasteiger partial charge is 0.397 e. The molecule has 0 spiro atoms. The van der Waals surface area contributed by atoms with Crippen LogP contribution in [0.4, 0.5) is 5.69 Å². The summed E-state index contributed by atoms with van der Waals surface area (Å²) in [4.78, 5) is 14.4. The molecule has 0 aromatic carbocycles. The van der Waals surface area contributed by atoms with Gasteiger partial charge < -0.3 is 15.7 Å². The first-order valence-corrected chi connectivity index (χ1v) is 5.87. The van der Waals surface area contributed by atoms with Crippen LogP contribution >= 0.6 is 11.3 Å². The van der Waals surface area contributed by atoms with Gasteiger partial charge in [0, 0.05) is 6.54 Å². The van der Waals surface area contributed by atoms with E-state index < -0.39 is 0 Å². The van der Waals surface area contributed by atoms with Crippen molar-refractivity contribution in [1.82, 2.24) is 4.90 Å². The van der Waals surface area contributed by atoms with Gasteiger partial charge in [0.1, 0.15) is 4.88 Å². The topological polar surface area (TPSA) is 66.6 Å². The van der Waals surface area contributed by atoms with Crippen molar-refractivity contribution < 1.29 is 9.90 Å². The highest BCUT2D eigenvalue weighted by atomic mass is 32.1. The molecule has 3 N–H and O–H groups in total. The maximum absolute atomic E-state index is 12.0. The van der Waals surface area contributed by atoms with Crippen molar-refractivity contribution in [3.05, 3.63) is 16.3 Å². The molecule has 1 aliphatic heterocycles. The second kappa shape index (κ2) is 4.20. The molecule has 5 heteroatoms. The van der Waals surface area contributed by atoms with E-state index in [0.29, 0.717) is 10.6 Å². The van der Waals surface area contributed by atoms with Gasteiger partial charge in [-0.05, 0) is 24.3 Å². The molecule has 1 fully saturated rings. The van der Waals surface area contributed by atoms with E-state index in [4.69, 9.17) is 10.8 Å². The molecule has 0 saturated carbocycles. The lowest BCUT2D eigenvalue weighted by atomic mass is 10.2.